The van der Waals surface area contributed by atoms with Crippen LogP contribution < -0.4 is 0 Å². The fourth-order valence-electron chi connectivity index (χ4n) is 1.66. The summed E-state index contributed by atoms with van der Waals surface area (Å²) < 4.78 is 10.4. The van der Waals surface area contributed by atoms with E-state index in [0.29, 0.717) is 34.6 Å². The number of hydrogen-bond acceptors (Lipinski definition) is 4. The quantitative estimate of drug-likeness (QED) is 0.679. The minimum Gasteiger partial charge on any atom is -0.462 e. The van der Waals surface area contributed by atoms with Gasteiger partial charge in [-0.15, -0.1) is 12.6 Å². The predicted octanol–water partition coefficient (Wildman–Crippen LogP) is 2.82. The Morgan fingerprint density at radius 3 is 3.12 bits per heavy atom. The van der Waals surface area contributed by atoms with Gasteiger partial charge in [0, 0.05) is 17.4 Å². The summed E-state index contributed by atoms with van der Waals surface area (Å²) in [6, 6.07) is 4.98. The molecule has 17 heavy (non-hydrogen) atoms. The Morgan fingerprint density at radius 1 is 1.59 bits per heavy atom. The Bertz CT molecular complexity index is 416. The van der Waals surface area contributed by atoms with Crippen molar-refractivity contribution in [3.63, 3.8) is 0 Å². The van der Waals surface area contributed by atoms with E-state index in [1.54, 1.807) is 18.2 Å². The smallest absolute Gasteiger partial charge is 0.339 e. The molecule has 1 aliphatic heterocycles. The van der Waals surface area contributed by atoms with Crippen LogP contribution in [0.5, 0.6) is 0 Å². The van der Waals surface area contributed by atoms with E-state index in [-0.39, 0.29) is 0 Å². The van der Waals surface area contributed by atoms with Crippen molar-refractivity contribution in [1.82, 2.24) is 0 Å². The van der Waals surface area contributed by atoms with Crippen LogP contribution in [0.3, 0.4) is 0 Å². The largest absolute Gasteiger partial charge is 0.462 e. The van der Waals surface area contributed by atoms with Crippen molar-refractivity contribution in [3.8, 4) is 0 Å². The predicted molar refractivity (Wildman–Crippen MR) is 67.9 cm³/mol. The van der Waals surface area contributed by atoms with Crippen LogP contribution in [0.2, 0.25) is 5.02 Å². The molecule has 1 heterocycles. The average molecular weight is 273 g/mol. The van der Waals surface area contributed by atoms with Gasteiger partial charge in [0.15, 0.2) is 0 Å². The number of esters is 1. The van der Waals surface area contributed by atoms with Crippen molar-refractivity contribution >= 4 is 30.2 Å². The minimum absolute atomic E-state index is 0.303. The zero-order chi connectivity index (χ0) is 12.3. The Hall–Kier alpha value is -0.710. The highest BCUT2D eigenvalue weighted by Gasteiger charge is 2.19. The van der Waals surface area contributed by atoms with Gasteiger partial charge in [-0.25, -0.2) is 4.79 Å². The van der Waals surface area contributed by atoms with E-state index < -0.39 is 5.97 Å². The summed E-state index contributed by atoms with van der Waals surface area (Å²) in [5, 5.41) is 0.385. The second-order valence-corrected chi connectivity index (χ2v) is 4.92. The van der Waals surface area contributed by atoms with Gasteiger partial charge in [0.25, 0.3) is 0 Å². The molecular weight excluding hydrogens is 260 g/mol. The van der Waals surface area contributed by atoms with Gasteiger partial charge < -0.3 is 9.47 Å². The summed E-state index contributed by atoms with van der Waals surface area (Å²) in [6.45, 7) is 1.79. The third kappa shape index (κ3) is 3.37. The fourth-order valence-corrected chi connectivity index (χ4v) is 2.05. The summed E-state index contributed by atoms with van der Waals surface area (Å²) >= 11 is 10.1. The van der Waals surface area contributed by atoms with Crippen LogP contribution in [-0.2, 0) is 9.47 Å². The topological polar surface area (TPSA) is 35.5 Å². The fraction of sp³-hybridized carbons (Fsp3) is 0.417. The van der Waals surface area contributed by atoms with E-state index in [9.17, 15) is 4.79 Å². The van der Waals surface area contributed by atoms with Gasteiger partial charge in [-0.05, 0) is 24.6 Å². The van der Waals surface area contributed by atoms with Crippen LogP contribution in [0.15, 0.2) is 23.1 Å². The Balaban J connectivity index is 1.96. The molecule has 92 valence electrons. The number of ether oxygens (including phenoxy) is 2. The first kappa shape index (κ1) is 12.7. The van der Waals surface area contributed by atoms with Crippen LogP contribution in [0, 0.1) is 5.92 Å². The van der Waals surface area contributed by atoms with Crippen molar-refractivity contribution < 1.29 is 14.3 Å². The summed E-state index contributed by atoms with van der Waals surface area (Å²) in [5.41, 5.74) is 0.359. The molecule has 0 bridgehead atoms. The first-order valence-electron chi connectivity index (χ1n) is 5.40. The summed E-state index contributed by atoms with van der Waals surface area (Å²) in [5.74, 6) is -0.102. The van der Waals surface area contributed by atoms with Crippen molar-refractivity contribution in [1.29, 1.82) is 0 Å². The third-order valence-electron chi connectivity index (χ3n) is 2.64. The lowest BCUT2D eigenvalue weighted by atomic mass is 10.1. The highest BCUT2D eigenvalue weighted by molar-refractivity contribution is 7.80. The number of rotatable bonds is 3. The lowest BCUT2D eigenvalue weighted by Gasteiger charge is -2.10. The molecule has 1 aromatic carbocycles. The molecule has 0 saturated carbocycles. The second kappa shape index (κ2) is 5.76. The first-order chi connectivity index (χ1) is 8.16. The number of carbonyl (C=O) groups is 1. The van der Waals surface area contributed by atoms with E-state index in [1.165, 1.54) is 0 Å². The second-order valence-electron chi connectivity index (χ2n) is 3.99. The van der Waals surface area contributed by atoms with E-state index in [4.69, 9.17) is 21.1 Å². The van der Waals surface area contributed by atoms with Gasteiger partial charge in [0.05, 0.1) is 23.8 Å². The van der Waals surface area contributed by atoms with E-state index >= 15 is 0 Å². The number of halogens is 1. The summed E-state index contributed by atoms with van der Waals surface area (Å²) in [6.07, 6.45) is 0.938. The summed E-state index contributed by atoms with van der Waals surface area (Å²) in [7, 11) is 0. The van der Waals surface area contributed by atoms with Gasteiger partial charge in [0.2, 0.25) is 0 Å². The van der Waals surface area contributed by atoms with Gasteiger partial charge in [-0.1, -0.05) is 11.6 Å². The maximum Gasteiger partial charge on any atom is 0.339 e. The lowest BCUT2D eigenvalue weighted by Crippen LogP contribution is -2.14. The first-order valence-corrected chi connectivity index (χ1v) is 6.22. The van der Waals surface area contributed by atoms with Crippen LogP contribution >= 0.6 is 24.2 Å². The van der Waals surface area contributed by atoms with Crippen molar-refractivity contribution in [2.75, 3.05) is 19.8 Å². The zero-order valence-corrected chi connectivity index (χ0v) is 10.8. The molecule has 0 aliphatic carbocycles. The molecule has 5 heteroatoms. The highest BCUT2D eigenvalue weighted by atomic mass is 35.5. The van der Waals surface area contributed by atoms with Gasteiger partial charge in [-0.3, -0.25) is 0 Å². The van der Waals surface area contributed by atoms with E-state index in [1.807, 2.05) is 0 Å². The minimum atomic E-state index is -0.405. The summed E-state index contributed by atoms with van der Waals surface area (Å²) in [4.78, 5) is 12.5. The van der Waals surface area contributed by atoms with Gasteiger partial charge >= 0.3 is 5.97 Å². The monoisotopic (exact) mass is 272 g/mol. The third-order valence-corrected chi connectivity index (χ3v) is 3.25. The Kier molecular flexibility index (Phi) is 4.31. The SMILES string of the molecule is O=C(OCC1CCOC1)c1cc(S)ccc1Cl. The molecule has 2 rings (SSSR count). The molecule has 1 unspecified atom stereocenters. The highest BCUT2D eigenvalue weighted by Crippen LogP contribution is 2.21. The van der Waals surface area contributed by atoms with Crippen LogP contribution in [0.1, 0.15) is 16.8 Å². The van der Waals surface area contributed by atoms with Gasteiger partial charge in [-0.2, -0.15) is 0 Å². The lowest BCUT2D eigenvalue weighted by molar-refractivity contribution is 0.0428. The number of benzene rings is 1. The van der Waals surface area contributed by atoms with E-state index in [0.717, 1.165) is 13.0 Å². The van der Waals surface area contributed by atoms with Crippen molar-refractivity contribution in [3.05, 3.63) is 28.8 Å². The molecule has 1 saturated heterocycles. The van der Waals surface area contributed by atoms with Gasteiger partial charge in [0.1, 0.15) is 0 Å². The van der Waals surface area contributed by atoms with Crippen LogP contribution in [-0.4, -0.2) is 25.8 Å². The Labute approximate surface area is 110 Å². The normalized spacial score (nSPS) is 19.3. The Morgan fingerprint density at radius 2 is 2.41 bits per heavy atom. The maximum absolute atomic E-state index is 11.8. The molecule has 1 aliphatic rings. The standard InChI is InChI=1S/C12H13ClO3S/c13-11-2-1-9(17)5-10(11)12(14)16-7-8-3-4-15-6-8/h1-2,5,8,17H,3-4,6-7H2. The molecule has 0 amide bonds. The molecular formula is C12H13ClO3S. The molecule has 0 spiro atoms. The molecule has 3 nitrogen and oxygen atoms in total. The molecule has 1 aromatic rings. The zero-order valence-electron chi connectivity index (χ0n) is 9.19. The van der Waals surface area contributed by atoms with E-state index in [2.05, 4.69) is 12.6 Å². The van der Waals surface area contributed by atoms with Crippen LogP contribution in [0.25, 0.3) is 0 Å². The molecule has 0 radical (unpaired) electrons. The number of carbonyl (C=O) groups excluding carboxylic acids is 1. The molecule has 1 atom stereocenters. The number of hydrogen-bond donors (Lipinski definition) is 1. The average Bonchev–Trinajstić information content (AvgIpc) is 2.82. The maximum atomic E-state index is 11.8. The van der Waals surface area contributed by atoms with Crippen molar-refractivity contribution in [2.45, 2.75) is 11.3 Å². The van der Waals surface area contributed by atoms with Crippen LogP contribution in [0.4, 0.5) is 0 Å². The molecule has 1 fully saturated rings. The van der Waals surface area contributed by atoms with Crippen molar-refractivity contribution in [2.24, 2.45) is 5.92 Å². The number of thiol groups is 1. The molecule has 0 aromatic heterocycles. The molecule has 0 N–H and O–H groups in total.